The Morgan fingerprint density at radius 2 is 1.91 bits per heavy atom. The quantitative estimate of drug-likeness (QED) is 0.340. The van der Waals surface area contributed by atoms with Gasteiger partial charge in [0.1, 0.15) is 28.5 Å². The summed E-state index contributed by atoms with van der Waals surface area (Å²) < 4.78 is 28.5. The number of ether oxygens (including phenoxy) is 4. The van der Waals surface area contributed by atoms with Crippen molar-refractivity contribution < 1.29 is 37.7 Å². The molecule has 0 bridgehead atoms. The largest absolute Gasteiger partial charge is 0.496 e. The fourth-order valence-corrected chi connectivity index (χ4v) is 7.60. The second kappa shape index (κ2) is 12.1. The molecular weight excluding hydrogens is 574 g/mol. The summed E-state index contributed by atoms with van der Waals surface area (Å²) in [6, 6.07) is 7.64. The monoisotopic (exact) mass is 609 g/mol. The normalized spacial score (nSPS) is 19.4. The number of likely N-dealkylation sites (tertiary alicyclic amines) is 1. The number of carbonyl (C=O) groups is 3. The number of methoxy groups -OCH3 is 2. The van der Waals surface area contributed by atoms with Crippen molar-refractivity contribution in [3.05, 3.63) is 53.4 Å². The van der Waals surface area contributed by atoms with Crippen LogP contribution in [-0.4, -0.2) is 80.8 Å². The summed E-state index contributed by atoms with van der Waals surface area (Å²) in [6.45, 7) is 3.72. The molecule has 3 aliphatic heterocycles. The van der Waals surface area contributed by atoms with Crippen LogP contribution in [0.3, 0.4) is 0 Å². The van der Waals surface area contributed by atoms with Gasteiger partial charge < -0.3 is 28.3 Å². The lowest BCUT2D eigenvalue weighted by Crippen LogP contribution is -2.58. The number of carbonyl (C=O) groups excluding carboxylic acids is 3. The predicted octanol–water partition coefficient (Wildman–Crippen LogP) is 5.03. The van der Waals surface area contributed by atoms with Crippen LogP contribution >= 0.6 is 11.3 Å². The molecular formula is C31H35N3O8S. The van der Waals surface area contributed by atoms with E-state index in [-0.39, 0.29) is 50.3 Å². The highest BCUT2D eigenvalue weighted by Crippen LogP contribution is 2.52. The van der Waals surface area contributed by atoms with E-state index in [9.17, 15) is 14.4 Å². The fourth-order valence-electron chi connectivity index (χ4n) is 6.35. The van der Waals surface area contributed by atoms with Gasteiger partial charge in [0.25, 0.3) is 0 Å². The van der Waals surface area contributed by atoms with Crippen LogP contribution in [0.4, 0.5) is 9.80 Å². The second-order valence-corrected chi connectivity index (χ2v) is 12.0. The second-order valence-electron chi connectivity index (χ2n) is 11.0. The average Bonchev–Trinajstić information content (AvgIpc) is 3.70. The van der Waals surface area contributed by atoms with Crippen LogP contribution in [-0.2, 0) is 19.0 Å². The molecule has 2 fully saturated rings. The SMILES string of the molecule is COC(=O)N1CCC2(CC1)C(=O)c1c(sc(-c3ncco3)c1C)N(C[C@H](OC1CCOCC1)c1ccccc1OC)C2=O. The zero-order valence-corrected chi connectivity index (χ0v) is 25.3. The molecule has 1 spiro atoms. The molecule has 3 aromatic rings. The summed E-state index contributed by atoms with van der Waals surface area (Å²) in [4.78, 5) is 49.6. The van der Waals surface area contributed by atoms with Gasteiger partial charge in [-0.05, 0) is 44.2 Å². The van der Waals surface area contributed by atoms with Crippen molar-refractivity contribution in [1.29, 1.82) is 0 Å². The van der Waals surface area contributed by atoms with E-state index in [2.05, 4.69) is 4.98 Å². The van der Waals surface area contributed by atoms with E-state index in [4.69, 9.17) is 23.4 Å². The van der Waals surface area contributed by atoms with Crippen LogP contribution in [0.25, 0.3) is 10.8 Å². The Kier molecular flexibility index (Phi) is 8.25. The molecule has 0 aliphatic carbocycles. The molecule has 0 radical (unpaired) electrons. The number of thiophene rings is 1. The van der Waals surface area contributed by atoms with Gasteiger partial charge in [0.2, 0.25) is 11.8 Å². The van der Waals surface area contributed by atoms with Gasteiger partial charge >= 0.3 is 6.09 Å². The van der Waals surface area contributed by atoms with Gasteiger partial charge in [-0.25, -0.2) is 9.78 Å². The number of aromatic nitrogens is 1. The Labute approximate surface area is 253 Å². The van der Waals surface area contributed by atoms with Crippen LogP contribution in [0.1, 0.15) is 53.3 Å². The molecule has 0 saturated carbocycles. The van der Waals surface area contributed by atoms with Crippen molar-refractivity contribution in [2.24, 2.45) is 5.41 Å². The van der Waals surface area contributed by atoms with E-state index in [1.54, 1.807) is 18.2 Å². The van der Waals surface area contributed by atoms with Crippen molar-refractivity contribution in [3.63, 3.8) is 0 Å². The van der Waals surface area contributed by atoms with Crippen LogP contribution in [0.15, 0.2) is 41.1 Å². The fraction of sp³-hybridized carbons (Fsp3) is 0.484. The van der Waals surface area contributed by atoms with Gasteiger partial charge in [0, 0.05) is 31.9 Å². The molecule has 2 amide bonds. The van der Waals surface area contributed by atoms with Crippen LogP contribution in [0.2, 0.25) is 0 Å². The zero-order valence-electron chi connectivity index (χ0n) is 24.5. The number of Topliss-reactive ketones (excluding diaryl/α,β-unsaturated/α-hetero) is 1. The standard InChI is InChI=1S/C31H35N3O8S/c1-19-24-26(35)31(10-13-33(14-11-31)30(37)39-3)29(36)34(28(24)43-25(19)27-32-12-17-41-27)18-23(42-20-8-15-40-16-9-20)21-6-4-5-7-22(21)38-2/h4-7,12,17,20,23H,8-11,13-16,18H2,1-3H3/t23-/m0/s1. The van der Waals surface area contributed by atoms with E-state index in [1.807, 2.05) is 31.2 Å². The van der Waals surface area contributed by atoms with Crippen molar-refractivity contribution in [1.82, 2.24) is 9.88 Å². The number of fused-ring (bicyclic) bond motifs is 1. The van der Waals surface area contributed by atoms with Gasteiger partial charge in [0.15, 0.2) is 5.78 Å². The molecule has 1 aromatic carbocycles. The minimum atomic E-state index is -1.32. The molecule has 228 valence electrons. The molecule has 3 aliphatic rings. The summed E-state index contributed by atoms with van der Waals surface area (Å²) in [5, 5.41) is 0.553. The summed E-state index contributed by atoms with van der Waals surface area (Å²) in [6.07, 6.45) is 3.84. The van der Waals surface area contributed by atoms with E-state index in [1.165, 1.54) is 29.6 Å². The molecule has 43 heavy (non-hydrogen) atoms. The minimum Gasteiger partial charge on any atom is -0.496 e. The first-order valence-corrected chi connectivity index (χ1v) is 15.3. The zero-order chi connectivity index (χ0) is 30.1. The van der Waals surface area contributed by atoms with Crippen LogP contribution in [0, 0.1) is 12.3 Å². The first kappa shape index (κ1) is 29.3. The number of benzene rings is 1. The lowest BCUT2D eigenvalue weighted by Gasteiger charge is -2.45. The molecule has 6 rings (SSSR count). The van der Waals surface area contributed by atoms with Crippen molar-refractivity contribution >= 4 is 34.1 Å². The highest BCUT2D eigenvalue weighted by atomic mass is 32.1. The van der Waals surface area contributed by atoms with Crippen LogP contribution < -0.4 is 9.64 Å². The average molecular weight is 610 g/mol. The first-order chi connectivity index (χ1) is 20.9. The number of piperidine rings is 1. The number of oxazole rings is 1. The maximum atomic E-state index is 14.7. The van der Waals surface area contributed by atoms with Gasteiger partial charge in [-0.2, -0.15) is 0 Å². The van der Waals surface area contributed by atoms with E-state index in [0.29, 0.717) is 40.3 Å². The number of ketones is 1. The highest BCUT2D eigenvalue weighted by Gasteiger charge is 2.56. The van der Waals surface area contributed by atoms with Crippen LogP contribution in [0.5, 0.6) is 5.75 Å². The molecule has 5 heterocycles. The molecule has 0 N–H and O–H groups in total. The number of anilines is 1. The van der Waals surface area contributed by atoms with Crippen molar-refractivity contribution in [2.75, 3.05) is 52.0 Å². The number of nitrogens with zero attached hydrogens (tertiary/aromatic N) is 3. The number of rotatable bonds is 7. The van der Waals surface area contributed by atoms with Crippen molar-refractivity contribution in [2.45, 2.75) is 44.8 Å². The molecule has 12 heteroatoms. The lowest BCUT2D eigenvalue weighted by molar-refractivity contribution is -0.129. The van der Waals surface area contributed by atoms with Crippen molar-refractivity contribution in [3.8, 4) is 16.5 Å². The predicted molar refractivity (Wildman–Crippen MR) is 158 cm³/mol. The third kappa shape index (κ3) is 5.21. The highest BCUT2D eigenvalue weighted by molar-refractivity contribution is 7.20. The first-order valence-electron chi connectivity index (χ1n) is 14.5. The number of para-hydroxylation sites is 1. The van der Waals surface area contributed by atoms with E-state index in [0.717, 1.165) is 24.0 Å². The van der Waals surface area contributed by atoms with Gasteiger partial charge in [0.05, 0.1) is 43.5 Å². The minimum absolute atomic E-state index is 0.0603. The summed E-state index contributed by atoms with van der Waals surface area (Å²) in [5.41, 5.74) is 0.716. The third-order valence-corrected chi connectivity index (χ3v) is 10.0. The van der Waals surface area contributed by atoms with Gasteiger partial charge in [-0.1, -0.05) is 18.2 Å². The molecule has 0 unspecified atom stereocenters. The maximum absolute atomic E-state index is 14.7. The smallest absolute Gasteiger partial charge is 0.409 e. The van der Waals surface area contributed by atoms with E-state index < -0.39 is 17.6 Å². The Morgan fingerprint density at radius 1 is 1.16 bits per heavy atom. The molecule has 2 saturated heterocycles. The summed E-state index contributed by atoms with van der Waals surface area (Å²) in [5.74, 6) is 0.542. The number of amides is 2. The Hall–Kier alpha value is -3.74. The maximum Gasteiger partial charge on any atom is 0.409 e. The number of hydrogen-bond donors (Lipinski definition) is 0. The molecule has 1 atom stereocenters. The van der Waals surface area contributed by atoms with Gasteiger partial charge in [-0.3, -0.25) is 14.5 Å². The Morgan fingerprint density at radius 3 is 2.58 bits per heavy atom. The Balaban J connectivity index is 1.44. The summed E-state index contributed by atoms with van der Waals surface area (Å²) >= 11 is 1.32. The number of hydrogen-bond acceptors (Lipinski definition) is 10. The third-order valence-electron chi connectivity index (χ3n) is 8.73. The molecule has 2 aromatic heterocycles. The summed E-state index contributed by atoms with van der Waals surface area (Å²) in [7, 11) is 2.94. The Bertz CT molecular complexity index is 1490. The lowest BCUT2D eigenvalue weighted by atomic mass is 9.69. The van der Waals surface area contributed by atoms with Gasteiger partial charge in [-0.15, -0.1) is 11.3 Å². The topological polar surface area (TPSA) is 121 Å². The van der Waals surface area contributed by atoms with E-state index >= 15 is 0 Å². The molecule has 11 nitrogen and oxygen atoms in total.